The fourth-order valence-corrected chi connectivity index (χ4v) is 2.92. The molecule has 0 radical (unpaired) electrons. The topological polar surface area (TPSA) is 120 Å². The van der Waals surface area contributed by atoms with E-state index in [1.54, 1.807) is 60.7 Å². The van der Waals surface area contributed by atoms with Crippen LogP contribution >= 0.6 is 0 Å². The lowest BCUT2D eigenvalue weighted by molar-refractivity contribution is -0.237. The van der Waals surface area contributed by atoms with Gasteiger partial charge in [0.05, 0.1) is 17.7 Å². The highest BCUT2D eigenvalue weighted by Crippen LogP contribution is 2.26. The third-order valence-corrected chi connectivity index (χ3v) is 4.34. The number of carbonyl (C=O) groups excluding carboxylic acids is 2. The summed E-state index contributed by atoms with van der Waals surface area (Å²) in [6.07, 6.45) is -3.23. The number of esters is 2. The Kier molecular flexibility index (Phi) is 6.80. The lowest BCUT2D eigenvalue weighted by atomic mass is 10.0. The molecule has 29 heavy (non-hydrogen) atoms. The number of hydrogen-bond donors (Lipinski definition) is 0. The van der Waals surface area contributed by atoms with E-state index in [-0.39, 0.29) is 6.61 Å². The molecular formula is C20H19N3O6. The highest BCUT2D eigenvalue weighted by atomic mass is 16.7. The van der Waals surface area contributed by atoms with Gasteiger partial charge in [-0.1, -0.05) is 41.5 Å². The average molecular weight is 397 g/mol. The molecule has 0 bridgehead atoms. The Morgan fingerprint density at radius 3 is 1.97 bits per heavy atom. The molecule has 4 atom stereocenters. The molecule has 2 aromatic carbocycles. The Morgan fingerprint density at radius 1 is 0.966 bits per heavy atom. The number of ether oxygens (including phenoxy) is 4. The van der Waals surface area contributed by atoms with Crippen molar-refractivity contribution < 1.29 is 28.5 Å². The molecule has 0 amide bonds. The zero-order chi connectivity index (χ0) is 20.6. The van der Waals surface area contributed by atoms with E-state index in [9.17, 15) is 9.59 Å². The van der Waals surface area contributed by atoms with E-state index in [4.69, 9.17) is 24.5 Å². The van der Waals surface area contributed by atoms with Crippen LogP contribution in [-0.2, 0) is 18.9 Å². The Morgan fingerprint density at radius 2 is 1.48 bits per heavy atom. The number of rotatable bonds is 6. The van der Waals surface area contributed by atoms with Gasteiger partial charge in [0, 0.05) is 12.0 Å². The number of nitrogens with zero attached hydrogens (tertiary/aromatic N) is 3. The van der Waals surface area contributed by atoms with Gasteiger partial charge in [0.15, 0.2) is 18.5 Å². The van der Waals surface area contributed by atoms with Crippen LogP contribution in [0, 0.1) is 0 Å². The molecule has 1 aliphatic rings. The van der Waals surface area contributed by atoms with Gasteiger partial charge in [0.25, 0.3) is 0 Å². The monoisotopic (exact) mass is 397 g/mol. The zero-order valence-corrected chi connectivity index (χ0v) is 15.6. The first-order chi connectivity index (χ1) is 14.1. The number of methoxy groups -OCH3 is 1. The van der Waals surface area contributed by atoms with Gasteiger partial charge in [-0.2, -0.15) is 0 Å². The second kappa shape index (κ2) is 9.70. The first-order valence-corrected chi connectivity index (χ1v) is 8.84. The minimum atomic E-state index is -1.13. The quantitative estimate of drug-likeness (QED) is 0.320. The van der Waals surface area contributed by atoms with Gasteiger partial charge in [-0.15, -0.1) is 0 Å². The van der Waals surface area contributed by atoms with Gasteiger partial charge in [-0.25, -0.2) is 9.59 Å². The first kappa shape index (κ1) is 20.3. The van der Waals surface area contributed by atoms with Crippen LogP contribution in [0.25, 0.3) is 10.4 Å². The molecule has 1 heterocycles. The normalized spacial score (nSPS) is 23.5. The summed E-state index contributed by atoms with van der Waals surface area (Å²) in [6, 6.07) is 15.7. The van der Waals surface area contributed by atoms with Crippen LogP contribution in [0.1, 0.15) is 20.7 Å². The van der Waals surface area contributed by atoms with Crippen molar-refractivity contribution in [1.82, 2.24) is 0 Å². The number of hydrogen-bond acceptors (Lipinski definition) is 7. The van der Waals surface area contributed by atoms with Crippen molar-refractivity contribution in [3.05, 3.63) is 82.2 Å². The van der Waals surface area contributed by atoms with E-state index in [1.807, 2.05) is 0 Å². The fraction of sp³-hybridized carbons (Fsp3) is 0.300. The van der Waals surface area contributed by atoms with E-state index in [0.717, 1.165) is 0 Å². The number of benzene rings is 2. The largest absolute Gasteiger partial charge is 0.454 e. The minimum Gasteiger partial charge on any atom is -0.454 e. The van der Waals surface area contributed by atoms with Crippen LogP contribution in [-0.4, -0.2) is 50.2 Å². The van der Waals surface area contributed by atoms with Gasteiger partial charge in [0.1, 0.15) is 6.04 Å². The van der Waals surface area contributed by atoms with Crippen LogP contribution < -0.4 is 0 Å². The third kappa shape index (κ3) is 4.91. The van der Waals surface area contributed by atoms with E-state index >= 15 is 0 Å². The molecule has 1 saturated heterocycles. The molecule has 1 aliphatic heterocycles. The van der Waals surface area contributed by atoms with Crippen molar-refractivity contribution >= 4 is 11.9 Å². The predicted octanol–water partition coefficient (Wildman–Crippen LogP) is 3.12. The number of azide groups is 1. The third-order valence-electron chi connectivity index (χ3n) is 4.34. The summed E-state index contributed by atoms with van der Waals surface area (Å²) in [4.78, 5) is 27.9. The van der Waals surface area contributed by atoms with E-state index < -0.39 is 36.5 Å². The summed E-state index contributed by atoms with van der Waals surface area (Å²) in [7, 11) is 1.37. The molecule has 9 nitrogen and oxygen atoms in total. The second-order valence-electron chi connectivity index (χ2n) is 6.18. The maximum atomic E-state index is 12.6. The predicted molar refractivity (Wildman–Crippen MR) is 101 cm³/mol. The maximum absolute atomic E-state index is 12.6. The second-order valence-corrected chi connectivity index (χ2v) is 6.18. The lowest BCUT2D eigenvalue weighted by Gasteiger charge is -2.39. The molecule has 0 saturated carbocycles. The molecule has 0 N–H and O–H groups in total. The van der Waals surface area contributed by atoms with Crippen molar-refractivity contribution in [2.75, 3.05) is 13.7 Å². The summed E-state index contributed by atoms with van der Waals surface area (Å²) < 4.78 is 21.9. The Bertz CT molecular complexity index is 886. The first-order valence-electron chi connectivity index (χ1n) is 8.84. The summed E-state index contributed by atoms with van der Waals surface area (Å²) in [6.45, 7) is -0.0608. The van der Waals surface area contributed by atoms with Crippen molar-refractivity contribution in [3.63, 3.8) is 0 Å². The molecule has 150 valence electrons. The minimum absolute atomic E-state index is 0.0608. The zero-order valence-electron chi connectivity index (χ0n) is 15.6. The molecule has 2 unspecified atom stereocenters. The SMILES string of the molecule is CO[C@@H]1OC[C@H](N=[N+]=[N-])C(OC(=O)c2ccccc2)C1OC(=O)c1ccccc1. The maximum Gasteiger partial charge on any atom is 0.338 e. The summed E-state index contributed by atoms with van der Waals surface area (Å²) in [5.74, 6) is -1.30. The molecule has 0 aliphatic carbocycles. The molecule has 9 heteroatoms. The van der Waals surface area contributed by atoms with Crippen LogP contribution in [0.3, 0.4) is 0 Å². The highest BCUT2D eigenvalue weighted by Gasteiger charge is 2.46. The fourth-order valence-electron chi connectivity index (χ4n) is 2.92. The highest BCUT2D eigenvalue weighted by molar-refractivity contribution is 5.90. The van der Waals surface area contributed by atoms with Gasteiger partial charge >= 0.3 is 11.9 Å². The van der Waals surface area contributed by atoms with Gasteiger partial charge < -0.3 is 18.9 Å². The molecule has 0 spiro atoms. The molecule has 2 aromatic rings. The van der Waals surface area contributed by atoms with Crippen molar-refractivity contribution in [1.29, 1.82) is 0 Å². The van der Waals surface area contributed by atoms with Gasteiger partial charge in [-0.05, 0) is 29.8 Å². The standard InChI is InChI=1S/C20H19N3O6/c1-26-20-17(29-19(25)14-10-6-3-7-11-14)16(15(12-27-20)22-23-21)28-18(24)13-8-4-2-5-9-13/h2-11,15-17,20H,12H2,1H3/t15-,16?,17?,20+/m0/s1. The molecule has 1 fully saturated rings. The Labute approximate surface area is 166 Å². The van der Waals surface area contributed by atoms with Gasteiger partial charge in [-0.3, -0.25) is 0 Å². The van der Waals surface area contributed by atoms with Crippen molar-refractivity contribution in [2.24, 2.45) is 5.11 Å². The lowest BCUT2D eigenvalue weighted by Crippen LogP contribution is -2.56. The van der Waals surface area contributed by atoms with E-state index in [2.05, 4.69) is 10.0 Å². The molecule has 3 rings (SSSR count). The average Bonchev–Trinajstić information content (AvgIpc) is 2.77. The van der Waals surface area contributed by atoms with Crippen LogP contribution in [0.5, 0.6) is 0 Å². The van der Waals surface area contributed by atoms with Crippen molar-refractivity contribution in [3.8, 4) is 0 Å². The smallest absolute Gasteiger partial charge is 0.338 e. The van der Waals surface area contributed by atoms with E-state index in [0.29, 0.717) is 11.1 Å². The van der Waals surface area contributed by atoms with Crippen LogP contribution in [0.4, 0.5) is 0 Å². The molecular weight excluding hydrogens is 378 g/mol. The Balaban J connectivity index is 1.87. The van der Waals surface area contributed by atoms with Crippen LogP contribution in [0.2, 0.25) is 0 Å². The van der Waals surface area contributed by atoms with Gasteiger partial charge in [0.2, 0.25) is 0 Å². The Hall–Kier alpha value is -3.39. The number of carbonyl (C=O) groups is 2. The summed E-state index contributed by atoms with van der Waals surface area (Å²) >= 11 is 0. The van der Waals surface area contributed by atoms with Crippen molar-refractivity contribution in [2.45, 2.75) is 24.5 Å². The summed E-state index contributed by atoms with van der Waals surface area (Å²) in [5.41, 5.74) is 9.49. The molecule has 0 aromatic heterocycles. The van der Waals surface area contributed by atoms with E-state index in [1.165, 1.54) is 7.11 Å². The summed E-state index contributed by atoms with van der Waals surface area (Å²) in [5, 5.41) is 3.64. The van der Waals surface area contributed by atoms with Crippen LogP contribution in [0.15, 0.2) is 65.8 Å².